The Morgan fingerprint density at radius 2 is 1.69 bits per heavy atom. The molecule has 182 valence electrons. The third-order valence-electron chi connectivity index (χ3n) is 6.33. The summed E-state index contributed by atoms with van der Waals surface area (Å²) in [5, 5.41) is 11.4. The Morgan fingerprint density at radius 1 is 0.889 bits per heavy atom. The third kappa shape index (κ3) is 5.20. The Bertz CT molecular complexity index is 1480. The van der Waals surface area contributed by atoms with E-state index in [1.807, 2.05) is 24.3 Å². The molecule has 5 aromatic rings. The maximum Gasteiger partial charge on any atom is 0.191 e. The Labute approximate surface area is 216 Å². The van der Waals surface area contributed by atoms with Gasteiger partial charge in [-0.1, -0.05) is 84.1 Å². The van der Waals surface area contributed by atoms with Gasteiger partial charge in [0.1, 0.15) is 0 Å². The summed E-state index contributed by atoms with van der Waals surface area (Å²) in [5.74, 6) is 1.71. The van der Waals surface area contributed by atoms with Gasteiger partial charge in [-0.2, -0.15) is 0 Å². The van der Waals surface area contributed by atoms with Crippen molar-refractivity contribution in [2.75, 3.05) is 13.7 Å². The Morgan fingerprint density at radius 3 is 2.50 bits per heavy atom. The van der Waals surface area contributed by atoms with Crippen LogP contribution in [0.2, 0.25) is 0 Å². The second kappa shape index (κ2) is 11.1. The van der Waals surface area contributed by atoms with Crippen molar-refractivity contribution in [3.63, 3.8) is 0 Å². The number of hydrogen-bond acceptors (Lipinski definition) is 5. The summed E-state index contributed by atoms with van der Waals surface area (Å²) in [6, 6.07) is 27.3. The van der Waals surface area contributed by atoms with Gasteiger partial charge < -0.3 is 9.30 Å². The highest BCUT2D eigenvalue weighted by Crippen LogP contribution is 2.34. The molecule has 0 radical (unpaired) electrons. The molecule has 0 N–H and O–H groups in total. The number of para-hydroxylation sites is 1. The van der Waals surface area contributed by atoms with E-state index in [0.717, 1.165) is 57.4 Å². The van der Waals surface area contributed by atoms with Gasteiger partial charge in [0.25, 0.3) is 0 Å². The highest BCUT2D eigenvalue weighted by Gasteiger charge is 2.18. The molecule has 0 spiro atoms. The van der Waals surface area contributed by atoms with Crippen molar-refractivity contribution in [3.05, 3.63) is 95.6 Å². The summed E-state index contributed by atoms with van der Waals surface area (Å²) in [5.41, 5.74) is 7.91. The van der Waals surface area contributed by atoms with Crippen LogP contribution in [0.25, 0.3) is 33.5 Å². The van der Waals surface area contributed by atoms with Gasteiger partial charge in [-0.3, -0.25) is 0 Å². The molecule has 36 heavy (non-hydrogen) atoms. The highest BCUT2D eigenvalue weighted by molar-refractivity contribution is 7.98. The maximum absolute atomic E-state index is 5.36. The number of aryl methyl sites for hydroxylation is 2. The summed E-state index contributed by atoms with van der Waals surface area (Å²) in [6.45, 7) is 5.77. The van der Waals surface area contributed by atoms with E-state index in [4.69, 9.17) is 14.8 Å². The van der Waals surface area contributed by atoms with Crippen LogP contribution in [0.1, 0.15) is 23.1 Å². The SMILES string of the molecule is COCCCn1c(SCc2ccc(C)cc2C)nnc1-c1cc(-c2ccccc2)nc2ccccc12. The van der Waals surface area contributed by atoms with Gasteiger partial charge in [0.2, 0.25) is 0 Å². The fraction of sp³-hybridized carbons (Fsp3) is 0.233. The topological polar surface area (TPSA) is 52.8 Å². The minimum absolute atomic E-state index is 0.686. The van der Waals surface area contributed by atoms with Gasteiger partial charge in [-0.15, -0.1) is 10.2 Å². The van der Waals surface area contributed by atoms with Crippen LogP contribution < -0.4 is 0 Å². The average molecular weight is 495 g/mol. The molecule has 0 saturated carbocycles. The molecule has 3 aromatic carbocycles. The van der Waals surface area contributed by atoms with Crippen LogP contribution in [0.5, 0.6) is 0 Å². The molecular formula is C30H30N4OS. The van der Waals surface area contributed by atoms with Crippen LogP contribution in [0.3, 0.4) is 0 Å². The van der Waals surface area contributed by atoms with Gasteiger partial charge in [-0.25, -0.2) is 4.98 Å². The van der Waals surface area contributed by atoms with Crippen molar-refractivity contribution in [1.82, 2.24) is 19.7 Å². The van der Waals surface area contributed by atoms with E-state index in [0.29, 0.717) is 6.61 Å². The van der Waals surface area contributed by atoms with Gasteiger partial charge in [0.05, 0.1) is 11.2 Å². The number of pyridine rings is 1. The second-order valence-electron chi connectivity index (χ2n) is 8.96. The number of aromatic nitrogens is 4. The van der Waals surface area contributed by atoms with Gasteiger partial charge in [0.15, 0.2) is 11.0 Å². The number of ether oxygens (including phenoxy) is 1. The quantitative estimate of drug-likeness (QED) is 0.161. The lowest BCUT2D eigenvalue weighted by molar-refractivity contribution is 0.189. The molecule has 0 amide bonds. The molecule has 0 aliphatic heterocycles. The molecule has 6 heteroatoms. The number of rotatable bonds is 9. The molecule has 0 atom stereocenters. The van der Waals surface area contributed by atoms with Gasteiger partial charge >= 0.3 is 0 Å². The number of hydrogen-bond donors (Lipinski definition) is 0. The van der Waals surface area contributed by atoms with E-state index in [1.165, 1.54) is 16.7 Å². The molecule has 2 heterocycles. The molecular weight excluding hydrogens is 464 g/mol. The maximum atomic E-state index is 5.36. The second-order valence-corrected chi connectivity index (χ2v) is 9.90. The molecule has 0 aliphatic carbocycles. The molecule has 5 nitrogen and oxygen atoms in total. The summed E-state index contributed by atoms with van der Waals surface area (Å²) in [7, 11) is 1.74. The van der Waals surface area contributed by atoms with Crippen LogP contribution in [0.4, 0.5) is 0 Å². The standard InChI is InChI=1S/C30H30N4OS/c1-21-14-15-24(22(2)18-21)20-36-30-33-32-29(34(30)16-9-17-35-3)26-19-28(23-10-5-4-6-11-23)31-27-13-8-7-12-25(26)27/h4-8,10-15,18-19H,9,16-17,20H2,1-3H3. The van der Waals surface area contributed by atoms with Crippen molar-refractivity contribution in [3.8, 4) is 22.6 Å². The lowest BCUT2D eigenvalue weighted by atomic mass is 10.0. The Kier molecular flexibility index (Phi) is 7.44. The lowest BCUT2D eigenvalue weighted by Gasteiger charge is -2.13. The number of thioether (sulfide) groups is 1. The van der Waals surface area contributed by atoms with E-state index in [2.05, 4.69) is 78.1 Å². The molecule has 0 saturated heterocycles. The number of fused-ring (bicyclic) bond motifs is 1. The zero-order chi connectivity index (χ0) is 24.9. The fourth-order valence-electron chi connectivity index (χ4n) is 4.43. The summed E-state index contributed by atoms with van der Waals surface area (Å²) in [4.78, 5) is 4.95. The average Bonchev–Trinajstić information content (AvgIpc) is 3.30. The summed E-state index contributed by atoms with van der Waals surface area (Å²) >= 11 is 1.73. The predicted octanol–water partition coefficient (Wildman–Crippen LogP) is 7.11. The first-order chi connectivity index (χ1) is 17.6. The zero-order valence-corrected chi connectivity index (χ0v) is 21.8. The van der Waals surface area contributed by atoms with Crippen LogP contribution in [-0.2, 0) is 17.0 Å². The predicted molar refractivity (Wildman–Crippen MR) is 148 cm³/mol. The summed E-state index contributed by atoms with van der Waals surface area (Å²) in [6.07, 6.45) is 0.882. The molecule has 0 bridgehead atoms. The lowest BCUT2D eigenvalue weighted by Crippen LogP contribution is -2.06. The van der Waals surface area contributed by atoms with E-state index >= 15 is 0 Å². The third-order valence-corrected chi connectivity index (χ3v) is 7.34. The van der Waals surface area contributed by atoms with Crippen LogP contribution >= 0.6 is 11.8 Å². The first kappa shape index (κ1) is 24.2. The zero-order valence-electron chi connectivity index (χ0n) is 20.9. The van der Waals surface area contributed by atoms with Gasteiger partial charge in [0, 0.05) is 42.5 Å². The van der Waals surface area contributed by atoms with Crippen LogP contribution in [0, 0.1) is 13.8 Å². The first-order valence-electron chi connectivity index (χ1n) is 12.2. The number of benzene rings is 3. The van der Waals surface area contributed by atoms with Gasteiger partial charge in [-0.05, 0) is 43.5 Å². The Balaban J connectivity index is 1.58. The fourth-order valence-corrected chi connectivity index (χ4v) is 5.47. The number of nitrogens with zero attached hydrogens (tertiary/aromatic N) is 4. The molecule has 0 aliphatic rings. The van der Waals surface area contributed by atoms with Crippen molar-refractivity contribution in [2.45, 2.75) is 37.7 Å². The van der Waals surface area contributed by atoms with E-state index in [1.54, 1.807) is 18.9 Å². The van der Waals surface area contributed by atoms with Crippen molar-refractivity contribution in [2.24, 2.45) is 0 Å². The van der Waals surface area contributed by atoms with E-state index in [9.17, 15) is 0 Å². The molecule has 0 unspecified atom stereocenters. The molecule has 5 rings (SSSR count). The summed E-state index contributed by atoms with van der Waals surface area (Å²) < 4.78 is 7.60. The molecule has 0 fully saturated rings. The van der Waals surface area contributed by atoms with E-state index in [-0.39, 0.29) is 0 Å². The smallest absolute Gasteiger partial charge is 0.191 e. The minimum Gasteiger partial charge on any atom is -0.385 e. The van der Waals surface area contributed by atoms with E-state index < -0.39 is 0 Å². The highest BCUT2D eigenvalue weighted by atomic mass is 32.2. The van der Waals surface area contributed by atoms with Crippen LogP contribution in [0.15, 0.2) is 84.0 Å². The largest absolute Gasteiger partial charge is 0.385 e. The normalized spacial score (nSPS) is 11.3. The minimum atomic E-state index is 0.686. The number of methoxy groups -OCH3 is 1. The van der Waals surface area contributed by atoms with Crippen molar-refractivity contribution in [1.29, 1.82) is 0 Å². The van der Waals surface area contributed by atoms with Crippen molar-refractivity contribution < 1.29 is 4.74 Å². The first-order valence-corrected chi connectivity index (χ1v) is 13.2. The van der Waals surface area contributed by atoms with Crippen molar-refractivity contribution >= 4 is 22.7 Å². The monoisotopic (exact) mass is 494 g/mol. The van der Waals surface area contributed by atoms with Crippen LogP contribution in [-0.4, -0.2) is 33.5 Å². The Hall–Kier alpha value is -3.48. The molecule has 2 aromatic heterocycles.